The van der Waals surface area contributed by atoms with Gasteiger partial charge in [0.15, 0.2) is 11.5 Å². The summed E-state index contributed by atoms with van der Waals surface area (Å²) in [6.45, 7) is 2.12. The Morgan fingerprint density at radius 1 is 1.09 bits per heavy atom. The first kappa shape index (κ1) is 15.1. The van der Waals surface area contributed by atoms with Crippen molar-refractivity contribution in [2.75, 3.05) is 19.8 Å². The highest BCUT2D eigenvalue weighted by atomic mass is 16.6. The molecule has 0 atom stereocenters. The molecule has 1 aliphatic rings. The third-order valence-electron chi connectivity index (χ3n) is 3.46. The Morgan fingerprint density at radius 2 is 1.96 bits per heavy atom. The zero-order chi connectivity index (χ0) is 15.9. The summed E-state index contributed by atoms with van der Waals surface area (Å²) in [5.41, 5.74) is 1.92. The van der Waals surface area contributed by atoms with Crippen LogP contribution in [-0.4, -0.2) is 30.8 Å². The lowest BCUT2D eigenvalue weighted by Crippen LogP contribution is -2.36. The van der Waals surface area contributed by atoms with Crippen molar-refractivity contribution in [3.63, 3.8) is 0 Å². The number of nitrogens with one attached hydrogen (secondary N) is 2. The van der Waals surface area contributed by atoms with Crippen LogP contribution in [0.2, 0.25) is 0 Å². The molecule has 6 heteroatoms. The number of aromatic nitrogens is 1. The molecule has 6 nitrogen and oxygen atoms in total. The van der Waals surface area contributed by atoms with Crippen molar-refractivity contribution in [1.82, 2.24) is 15.6 Å². The number of rotatable bonds is 5. The minimum Gasteiger partial charge on any atom is -0.486 e. The highest BCUT2D eigenvalue weighted by Gasteiger charge is 2.11. The van der Waals surface area contributed by atoms with E-state index in [2.05, 4.69) is 15.6 Å². The normalized spacial score (nSPS) is 12.5. The topological polar surface area (TPSA) is 72.5 Å². The number of hydrogen-bond acceptors (Lipinski definition) is 4. The highest BCUT2D eigenvalue weighted by Crippen LogP contribution is 2.30. The first-order valence-corrected chi connectivity index (χ1v) is 7.61. The fourth-order valence-electron chi connectivity index (χ4n) is 2.30. The minimum atomic E-state index is -0.201. The lowest BCUT2D eigenvalue weighted by molar-refractivity contribution is 0.171. The van der Waals surface area contributed by atoms with Crippen LogP contribution in [0.3, 0.4) is 0 Å². The molecule has 0 fully saturated rings. The molecular formula is C17H19N3O3. The maximum atomic E-state index is 11.7. The van der Waals surface area contributed by atoms with Crippen molar-refractivity contribution in [3.8, 4) is 11.5 Å². The molecule has 1 aromatic carbocycles. The van der Waals surface area contributed by atoms with Gasteiger partial charge in [0.25, 0.3) is 0 Å². The predicted octanol–water partition coefficient (Wildman–Crippen LogP) is 1.89. The van der Waals surface area contributed by atoms with E-state index in [1.54, 1.807) is 6.20 Å². The average Bonchev–Trinajstić information content (AvgIpc) is 2.61. The largest absolute Gasteiger partial charge is 0.486 e. The van der Waals surface area contributed by atoms with Gasteiger partial charge in [-0.1, -0.05) is 12.1 Å². The van der Waals surface area contributed by atoms with Gasteiger partial charge in [0.2, 0.25) is 0 Å². The van der Waals surface area contributed by atoms with Gasteiger partial charge in [-0.15, -0.1) is 0 Å². The predicted molar refractivity (Wildman–Crippen MR) is 85.6 cm³/mol. The molecule has 120 valence electrons. The van der Waals surface area contributed by atoms with E-state index < -0.39 is 0 Å². The second-order valence-electron chi connectivity index (χ2n) is 5.16. The summed E-state index contributed by atoms with van der Waals surface area (Å²) in [6.07, 6.45) is 2.43. The first-order chi connectivity index (χ1) is 11.3. The van der Waals surface area contributed by atoms with Crippen molar-refractivity contribution < 1.29 is 14.3 Å². The molecule has 0 saturated heterocycles. The van der Waals surface area contributed by atoms with Gasteiger partial charge in [-0.2, -0.15) is 0 Å². The van der Waals surface area contributed by atoms with Gasteiger partial charge >= 0.3 is 6.03 Å². The molecule has 2 amide bonds. The molecule has 2 heterocycles. The summed E-state index contributed by atoms with van der Waals surface area (Å²) in [6, 6.07) is 11.3. The van der Waals surface area contributed by atoms with Crippen LogP contribution in [0.4, 0.5) is 4.79 Å². The summed E-state index contributed by atoms with van der Waals surface area (Å²) in [5.74, 6) is 1.55. The molecule has 1 aromatic heterocycles. The van der Waals surface area contributed by atoms with Gasteiger partial charge in [0.05, 0.1) is 12.2 Å². The van der Waals surface area contributed by atoms with E-state index >= 15 is 0 Å². The van der Waals surface area contributed by atoms with E-state index in [0.29, 0.717) is 26.3 Å². The van der Waals surface area contributed by atoms with Crippen LogP contribution in [0, 0.1) is 0 Å². The lowest BCUT2D eigenvalue weighted by Gasteiger charge is -2.18. The second kappa shape index (κ2) is 7.49. The van der Waals surface area contributed by atoms with Crippen molar-refractivity contribution in [2.45, 2.75) is 13.0 Å². The number of amides is 2. The Morgan fingerprint density at radius 3 is 2.78 bits per heavy atom. The smallest absolute Gasteiger partial charge is 0.315 e. The Labute approximate surface area is 134 Å². The second-order valence-corrected chi connectivity index (χ2v) is 5.16. The molecule has 0 unspecified atom stereocenters. The number of carbonyl (C=O) groups is 1. The van der Waals surface area contributed by atoms with Crippen LogP contribution in [0.15, 0.2) is 42.6 Å². The monoisotopic (exact) mass is 313 g/mol. The molecule has 2 N–H and O–H groups in total. The van der Waals surface area contributed by atoms with Gasteiger partial charge in [0, 0.05) is 12.7 Å². The van der Waals surface area contributed by atoms with Gasteiger partial charge < -0.3 is 20.1 Å². The van der Waals surface area contributed by atoms with E-state index in [1.807, 2.05) is 36.4 Å². The van der Waals surface area contributed by atoms with Crippen LogP contribution in [0.1, 0.15) is 11.3 Å². The number of benzene rings is 1. The summed E-state index contributed by atoms with van der Waals surface area (Å²) in [5, 5.41) is 5.61. The molecule has 3 rings (SSSR count). The fraction of sp³-hybridized carbons (Fsp3) is 0.294. The maximum Gasteiger partial charge on any atom is 0.315 e. The zero-order valence-electron chi connectivity index (χ0n) is 12.7. The van der Waals surface area contributed by atoms with E-state index in [-0.39, 0.29) is 6.03 Å². The Balaban J connectivity index is 1.41. The number of urea groups is 1. The van der Waals surface area contributed by atoms with Crippen LogP contribution >= 0.6 is 0 Å². The fourth-order valence-corrected chi connectivity index (χ4v) is 2.30. The number of carbonyl (C=O) groups excluding carboxylic acids is 1. The van der Waals surface area contributed by atoms with Crippen molar-refractivity contribution in [2.24, 2.45) is 0 Å². The first-order valence-electron chi connectivity index (χ1n) is 7.61. The molecule has 0 aliphatic carbocycles. The molecule has 23 heavy (non-hydrogen) atoms. The highest BCUT2D eigenvalue weighted by molar-refractivity contribution is 5.73. The quantitative estimate of drug-likeness (QED) is 0.884. The molecular weight excluding hydrogens is 294 g/mol. The molecule has 0 saturated carbocycles. The number of fused-ring (bicyclic) bond motifs is 1. The molecule has 0 bridgehead atoms. The van der Waals surface area contributed by atoms with Gasteiger partial charge in [-0.25, -0.2) is 4.79 Å². The van der Waals surface area contributed by atoms with Gasteiger partial charge in [-0.3, -0.25) is 4.98 Å². The standard InChI is InChI=1S/C17H19N3O3/c21-17(20-12-14-3-1-2-7-18-14)19-8-6-13-4-5-15-16(11-13)23-10-9-22-15/h1-5,7,11H,6,8-10,12H2,(H2,19,20,21). The van der Waals surface area contributed by atoms with E-state index in [4.69, 9.17) is 9.47 Å². The number of nitrogens with zero attached hydrogens (tertiary/aromatic N) is 1. The molecule has 1 aliphatic heterocycles. The van der Waals surface area contributed by atoms with E-state index in [1.165, 1.54) is 0 Å². The third-order valence-corrected chi connectivity index (χ3v) is 3.46. The summed E-state index contributed by atoms with van der Waals surface area (Å²) >= 11 is 0. The van der Waals surface area contributed by atoms with Crippen LogP contribution in [0.5, 0.6) is 11.5 Å². The third kappa shape index (κ3) is 4.35. The molecule has 2 aromatic rings. The van der Waals surface area contributed by atoms with Crippen molar-refractivity contribution >= 4 is 6.03 Å². The lowest BCUT2D eigenvalue weighted by atomic mass is 10.1. The van der Waals surface area contributed by atoms with Gasteiger partial charge in [-0.05, 0) is 36.2 Å². The zero-order valence-corrected chi connectivity index (χ0v) is 12.7. The van der Waals surface area contributed by atoms with Crippen molar-refractivity contribution in [3.05, 3.63) is 53.9 Å². The minimum absolute atomic E-state index is 0.201. The summed E-state index contributed by atoms with van der Waals surface area (Å²) in [7, 11) is 0. The van der Waals surface area contributed by atoms with E-state index in [0.717, 1.165) is 29.2 Å². The van der Waals surface area contributed by atoms with Crippen LogP contribution in [-0.2, 0) is 13.0 Å². The summed E-state index contributed by atoms with van der Waals surface area (Å²) in [4.78, 5) is 15.9. The Hall–Kier alpha value is -2.76. The van der Waals surface area contributed by atoms with Crippen molar-refractivity contribution in [1.29, 1.82) is 0 Å². The maximum absolute atomic E-state index is 11.7. The molecule has 0 spiro atoms. The SMILES string of the molecule is O=C(NCCc1ccc2c(c1)OCCO2)NCc1ccccn1. The van der Waals surface area contributed by atoms with Crippen LogP contribution < -0.4 is 20.1 Å². The number of hydrogen-bond donors (Lipinski definition) is 2. The Kier molecular flexibility index (Phi) is 4.93. The van der Waals surface area contributed by atoms with E-state index in [9.17, 15) is 4.79 Å². The van der Waals surface area contributed by atoms with Crippen LogP contribution in [0.25, 0.3) is 0 Å². The molecule has 0 radical (unpaired) electrons. The number of pyridine rings is 1. The Bertz CT molecular complexity index is 661. The number of ether oxygens (including phenoxy) is 2. The van der Waals surface area contributed by atoms with Gasteiger partial charge in [0.1, 0.15) is 13.2 Å². The average molecular weight is 313 g/mol. The summed E-state index contributed by atoms with van der Waals surface area (Å²) < 4.78 is 11.0.